The van der Waals surface area contributed by atoms with Crippen LogP contribution in [0.15, 0.2) is 60.7 Å². The van der Waals surface area contributed by atoms with E-state index in [2.05, 4.69) is 15.2 Å². The van der Waals surface area contributed by atoms with Crippen molar-refractivity contribution in [2.75, 3.05) is 31.1 Å². The number of aromatic nitrogens is 1. The average Bonchev–Trinajstić information content (AvgIpc) is 2.75. The molecule has 3 N–H and O–H groups in total. The topological polar surface area (TPSA) is 80.5 Å². The summed E-state index contributed by atoms with van der Waals surface area (Å²) >= 11 is 0. The Morgan fingerprint density at radius 3 is 2.48 bits per heavy atom. The molecule has 0 atom stereocenters. The molecule has 1 aliphatic rings. The fourth-order valence-corrected chi connectivity index (χ4v) is 3.30. The Kier molecular flexibility index (Phi) is 5.39. The van der Waals surface area contributed by atoms with Gasteiger partial charge in [-0.05, 0) is 36.4 Å². The largest absolute Gasteiger partial charge is 0.457 e. The quantitative estimate of drug-likeness (QED) is 0.697. The predicted molar refractivity (Wildman–Crippen MR) is 110 cm³/mol. The molecule has 1 amide bonds. The lowest BCUT2D eigenvalue weighted by Crippen LogP contribution is -2.44. The Bertz CT molecular complexity index is 1020. The minimum Gasteiger partial charge on any atom is -0.457 e. The molecule has 0 aliphatic carbocycles. The van der Waals surface area contributed by atoms with E-state index in [-0.39, 0.29) is 16.8 Å². The van der Waals surface area contributed by atoms with Crippen molar-refractivity contribution >= 4 is 11.7 Å². The summed E-state index contributed by atoms with van der Waals surface area (Å²) in [6, 6.07) is 17.0. The summed E-state index contributed by atoms with van der Waals surface area (Å²) in [5, 5.41) is 3.28. The number of halogens is 1. The van der Waals surface area contributed by atoms with Gasteiger partial charge in [0.25, 0.3) is 5.91 Å². The van der Waals surface area contributed by atoms with Gasteiger partial charge in [-0.2, -0.15) is 0 Å². The number of pyridine rings is 1. The van der Waals surface area contributed by atoms with E-state index in [4.69, 9.17) is 10.5 Å². The number of amides is 1. The first-order valence-electron chi connectivity index (χ1n) is 9.41. The van der Waals surface area contributed by atoms with Gasteiger partial charge in [-0.3, -0.25) is 4.79 Å². The molecule has 3 aromatic rings. The molecule has 6 nitrogen and oxygen atoms in total. The minimum absolute atomic E-state index is 0.180. The molecule has 7 heteroatoms. The lowest BCUT2D eigenvalue weighted by Gasteiger charge is -2.29. The first-order valence-corrected chi connectivity index (χ1v) is 9.41. The van der Waals surface area contributed by atoms with E-state index in [1.54, 1.807) is 36.4 Å². The molecule has 0 radical (unpaired) electrons. The van der Waals surface area contributed by atoms with Crippen molar-refractivity contribution in [3.63, 3.8) is 0 Å². The second kappa shape index (κ2) is 8.28. The maximum absolute atomic E-state index is 15.0. The lowest BCUT2D eigenvalue weighted by molar-refractivity contribution is 0.100. The van der Waals surface area contributed by atoms with Crippen molar-refractivity contribution in [1.29, 1.82) is 0 Å². The number of piperazine rings is 1. The molecule has 148 valence electrons. The molecule has 1 fully saturated rings. The normalized spacial score (nSPS) is 13.9. The number of primary amides is 1. The van der Waals surface area contributed by atoms with Crippen LogP contribution in [0.1, 0.15) is 10.4 Å². The highest BCUT2D eigenvalue weighted by Crippen LogP contribution is 2.31. The average molecular weight is 392 g/mol. The van der Waals surface area contributed by atoms with E-state index in [1.807, 2.05) is 18.2 Å². The number of carbonyl (C=O) groups excluding carboxylic acids is 1. The smallest absolute Gasteiger partial charge is 0.250 e. The number of ether oxygens (including phenoxy) is 1. The number of para-hydroxylation sites is 1. The van der Waals surface area contributed by atoms with Gasteiger partial charge in [-0.15, -0.1) is 0 Å². The fraction of sp³-hybridized carbons (Fsp3) is 0.182. The number of carbonyl (C=O) groups is 1. The molecule has 2 heterocycles. The summed E-state index contributed by atoms with van der Waals surface area (Å²) in [5.41, 5.74) is 6.13. The van der Waals surface area contributed by atoms with E-state index in [0.717, 1.165) is 26.2 Å². The second-order valence-corrected chi connectivity index (χ2v) is 6.72. The van der Waals surface area contributed by atoms with Gasteiger partial charge >= 0.3 is 0 Å². The zero-order valence-corrected chi connectivity index (χ0v) is 15.8. The summed E-state index contributed by atoms with van der Waals surface area (Å²) in [6.45, 7) is 3.26. The summed E-state index contributed by atoms with van der Waals surface area (Å²) in [5.74, 6) is 0.470. The van der Waals surface area contributed by atoms with Crippen LogP contribution in [-0.2, 0) is 0 Å². The van der Waals surface area contributed by atoms with Crippen LogP contribution in [0.3, 0.4) is 0 Å². The van der Waals surface area contributed by atoms with E-state index in [9.17, 15) is 9.18 Å². The molecule has 0 saturated carbocycles. The van der Waals surface area contributed by atoms with Crippen LogP contribution in [0.4, 0.5) is 10.2 Å². The first-order chi connectivity index (χ1) is 14.1. The van der Waals surface area contributed by atoms with Gasteiger partial charge in [-0.1, -0.05) is 18.2 Å². The van der Waals surface area contributed by atoms with Crippen molar-refractivity contribution in [2.45, 2.75) is 0 Å². The zero-order valence-electron chi connectivity index (χ0n) is 15.8. The first kappa shape index (κ1) is 18.9. The van der Waals surface area contributed by atoms with E-state index in [0.29, 0.717) is 17.3 Å². The number of anilines is 1. The molecule has 0 unspecified atom stereocenters. The number of benzene rings is 2. The van der Waals surface area contributed by atoms with Gasteiger partial charge in [0.2, 0.25) is 0 Å². The molecule has 1 aliphatic heterocycles. The van der Waals surface area contributed by atoms with Crippen LogP contribution in [0.2, 0.25) is 0 Å². The highest BCUT2D eigenvalue weighted by atomic mass is 19.1. The van der Waals surface area contributed by atoms with Crippen LogP contribution >= 0.6 is 0 Å². The summed E-state index contributed by atoms with van der Waals surface area (Å²) in [4.78, 5) is 18.6. The highest BCUT2D eigenvalue weighted by Gasteiger charge is 2.19. The van der Waals surface area contributed by atoms with Crippen LogP contribution in [0.25, 0.3) is 11.3 Å². The number of hydrogen-bond donors (Lipinski definition) is 2. The third-order valence-corrected chi connectivity index (χ3v) is 4.76. The minimum atomic E-state index is -0.650. The Hall–Kier alpha value is -3.45. The molecule has 1 saturated heterocycles. The third-order valence-electron chi connectivity index (χ3n) is 4.76. The zero-order chi connectivity index (χ0) is 20.2. The monoisotopic (exact) mass is 392 g/mol. The molecule has 2 aromatic carbocycles. The summed E-state index contributed by atoms with van der Waals surface area (Å²) in [6.07, 6.45) is 0. The van der Waals surface area contributed by atoms with Crippen molar-refractivity contribution in [1.82, 2.24) is 10.3 Å². The van der Waals surface area contributed by atoms with Gasteiger partial charge in [0.15, 0.2) is 0 Å². The Morgan fingerprint density at radius 2 is 1.79 bits per heavy atom. The second-order valence-electron chi connectivity index (χ2n) is 6.72. The molecular formula is C22H21FN4O2. The maximum atomic E-state index is 15.0. The molecule has 29 heavy (non-hydrogen) atoms. The van der Waals surface area contributed by atoms with Crippen LogP contribution in [0, 0.1) is 5.82 Å². The SMILES string of the molecule is NC(=O)c1ccc(N2CCNCC2)nc1-c1ccc(Oc2ccccc2)cc1F. The van der Waals surface area contributed by atoms with Gasteiger partial charge in [0.1, 0.15) is 23.1 Å². The van der Waals surface area contributed by atoms with Crippen molar-refractivity contribution in [3.05, 3.63) is 72.0 Å². The van der Waals surface area contributed by atoms with Crippen molar-refractivity contribution in [3.8, 4) is 22.8 Å². The number of hydrogen-bond acceptors (Lipinski definition) is 5. The number of nitrogens with two attached hydrogens (primary N) is 1. The van der Waals surface area contributed by atoms with E-state index in [1.165, 1.54) is 6.07 Å². The Balaban J connectivity index is 1.69. The Morgan fingerprint density at radius 1 is 1.03 bits per heavy atom. The lowest BCUT2D eigenvalue weighted by atomic mass is 10.0. The van der Waals surface area contributed by atoms with E-state index < -0.39 is 11.7 Å². The van der Waals surface area contributed by atoms with E-state index >= 15 is 0 Å². The molecular weight excluding hydrogens is 371 g/mol. The van der Waals surface area contributed by atoms with Gasteiger partial charge in [0.05, 0.1) is 11.3 Å². The Labute approximate surface area is 168 Å². The third kappa shape index (κ3) is 4.20. The van der Waals surface area contributed by atoms with Crippen LogP contribution in [0.5, 0.6) is 11.5 Å². The predicted octanol–water partition coefficient (Wildman–Crippen LogP) is 3.19. The fourth-order valence-electron chi connectivity index (χ4n) is 3.30. The van der Waals surface area contributed by atoms with Gasteiger partial charge < -0.3 is 20.7 Å². The van der Waals surface area contributed by atoms with Crippen LogP contribution in [-0.4, -0.2) is 37.1 Å². The number of nitrogens with zero attached hydrogens (tertiary/aromatic N) is 2. The molecule has 0 bridgehead atoms. The summed E-state index contributed by atoms with van der Waals surface area (Å²) in [7, 11) is 0. The molecule has 4 rings (SSSR count). The number of nitrogens with one attached hydrogen (secondary N) is 1. The van der Waals surface area contributed by atoms with Crippen molar-refractivity contribution < 1.29 is 13.9 Å². The molecule has 0 spiro atoms. The summed E-state index contributed by atoms with van der Waals surface area (Å²) < 4.78 is 20.6. The maximum Gasteiger partial charge on any atom is 0.250 e. The number of rotatable bonds is 5. The standard InChI is InChI=1S/C22H21FN4O2/c23-19-14-16(29-15-4-2-1-3-5-15)6-7-17(19)21-18(22(24)28)8-9-20(26-21)27-12-10-25-11-13-27/h1-9,14,25H,10-13H2,(H2,24,28). The van der Waals surface area contributed by atoms with Gasteiger partial charge in [0, 0.05) is 37.8 Å². The van der Waals surface area contributed by atoms with Crippen molar-refractivity contribution in [2.24, 2.45) is 5.73 Å². The highest BCUT2D eigenvalue weighted by molar-refractivity contribution is 5.99. The molecule has 1 aromatic heterocycles. The van der Waals surface area contributed by atoms with Gasteiger partial charge in [-0.25, -0.2) is 9.37 Å². The van der Waals surface area contributed by atoms with Crippen LogP contribution < -0.4 is 20.7 Å².